The van der Waals surface area contributed by atoms with Gasteiger partial charge in [-0.2, -0.15) is 0 Å². The van der Waals surface area contributed by atoms with Crippen LogP contribution in [0.3, 0.4) is 0 Å². The van der Waals surface area contributed by atoms with E-state index in [1.54, 1.807) is 0 Å². The molecule has 0 radical (unpaired) electrons. The Morgan fingerprint density at radius 3 is 2.77 bits per heavy atom. The minimum Gasteiger partial charge on any atom is -0.543 e. The molecule has 0 unspecified atom stereocenters. The zero-order chi connectivity index (χ0) is 27.1. The molecule has 39 heavy (non-hydrogen) atoms. The molecule has 0 spiro atoms. The second kappa shape index (κ2) is 11.6. The van der Waals surface area contributed by atoms with Crippen molar-refractivity contribution in [1.82, 2.24) is 20.2 Å². The van der Waals surface area contributed by atoms with Gasteiger partial charge < -0.3 is 40.4 Å². The van der Waals surface area contributed by atoms with E-state index in [1.165, 1.54) is 36.4 Å². The molecule has 3 aromatic rings. The molecular formula is C21H17N6NaO8S3. The number of rotatable bonds is 8. The molecule has 4 heterocycles. The number of amides is 2. The summed E-state index contributed by atoms with van der Waals surface area (Å²) in [5.41, 5.74) is 6.30. The first-order valence-electron chi connectivity index (χ1n) is 10.6. The number of nitrogens with two attached hydrogens (primary N) is 1. The van der Waals surface area contributed by atoms with Crippen molar-refractivity contribution in [1.29, 1.82) is 0 Å². The van der Waals surface area contributed by atoms with Crippen molar-refractivity contribution in [2.75, 3.05) is 24.3 Å². The fourth-order valence-corrected chi connectivity index (χ4v) is 6.70. The van der Waals surface area contributed by atoms with Gasteiger partial charge >= 0.3 is 29.6 Å². The fourth-order valence-electron chi connectivity index (χ4n) is 3.83. The molecule has 2 aromatic heterocycles. The van der Waals surface area contributed by atoms with Crippen LogP contribution in [0.1, 0.15) is 5.69 Å². The third-order valence-electron chi connectivity index (χ3n) is 5.52. The summed E-state index contributed by atoms with van der Waals surface area (Å²) in [7, 11) is 1.25. The summed E-state index contributed by atoms with van der Waals surface area (Å²) in [5, 5.41) is 38.8. The van der Waals surface area contributed by atoms with E-state index < -0.39 is 29.2 Å². The standard InChI is InChI=1S/C21H18N6O8S3.Na/c1-34-26-13(9-6-37-20(22)23-9)16(30)25-14-17(31)27-15(19(32)33)7(4-36-18(14)27)5-38-21-24-8-2-10(28)11(29)3-12(8)35-21;/h2-3,6,14,18,28-29H,4-5H2,1H3,(H2,22,23)(H,25,30)(H,32,33);/q;+1/p-1/b26-13-;/t14-,18-;/m1./s1. The Kier molecular flexibility index (Phi) is 8.67. The number of thioether (sulfide) groups is 2. The zero-order valence-electron chi connectivity index (χ0n) is 20.2. The number of fused-ring (bicyclic) bond motifs is 2. The van der Waals surface area contributed by atoms with Gasteiger partial charge in [0.05, 0.1) is 11.7 Å². The predicted molar refractivity (Wildman–Crippen MR) is 135 cm³/mol. The number of carbonyl (C=O) groups is 3. The Morgan fingerprint density at radius 1 is 1.36 bits per heavy atom. The van der Waals surface area contributed by atoms with Gasteiger partial charge in [0.15, 0.2) is 27.9 Å². The molecule has 2 aliphatic heterocycles. The van der Waals surface area contributed by atoms with Gasteiger partial charge in [-0.1, -0.05) is 16.9 Å². The molecule has 0 aliphatic carbocycles. The first kappa shape index (κ1) is 29.0. The fraction of sp³-hybridized carbons (Fsp3) is 0.238. The van der Waals surface area contributed by atoms with E-state index in [0.29, 0.717) is 11.1 Å². The molecule has 1 aromatic carbocycles. The maximum absolute atomic E-state index is 13.0. The molecule has 198 valence electrons. The second-order valence-electron chi connectivity index (χ2n) is 7.87. The summed E-state index contributed by atoms with van der Waals surface area (Å²) in [6.45, 7) is 0. The number of thiazole rings is 1. The molecule has 0 bridgehead atoms. The summed E-state index contributed by atoms with van der Waals surface area (Å²) in [6.07, 6.45) is 0. The van der Waals surface area contributed by atoms with Crippen LogP contribution in [0.25, 0.3) is 11.1 Å². The number of phenols is 2. The average molecular weight is 601 g/mol. The molecule has 2 amide bonds. The van der Waals surface area contributed by atoms with Crippen LogP contribution in [0, 0.1) is 0 Å². The monoisotopic (exact) mass is 600 g/mol. The van der Waals surface area contributed by atoms with E-state index in [9.17, 15) is 29.7 Å². The van der Waals surface area contributed by atoms with Crippen molar-refractivity contribution in [2.45, 2.75) is 16.6 Å². The number of nitrogens with one attached hydrogen (secondary N) is 1. The van der Waals surface area contributed by atoms with Crippen LogP contribution in [-0.4, -0.2) is 78.6 Å². The van der Waals surface area contributed by atoms with E-state index in [1.807, 2.05) is 0 Å². The van der Waals surface area contributed by atoms with Crippen LogP contribution >= 0.6 is 34.9 Å². The Balaban J connectivity index is 0.00000353. The second-order valence-corrected chi connectivity index (χ2v) is 10.8. The molecular weight excluding hydrogens is 583 g/mol. The number of carboxylic acids is 1. The van der Waals surface area contributed by atoms with E-state index in [2.05, 4.69) is 20.4 Å². The Hall–Kier alpha value is -2.96. The number of oxazole rings is 1. The minimum atomic E-state index is -1.53. The van der Waals surface area contributed by atoms with Crippen molar-refractivity contribution in [3.63, 3.8) is 0 Å². The third kappa shape index (κ3) is 5.55. The number of aromatic nitrogens is 2. The van der Waals surface area contributed by atoms with E-state index >= 15 is 0 Å². The normalized spacial score (nSPS) is 18.8. The Bertz CT molecular complexity index is 1500. The van der Waals surface area contributed by atoms with E-state index in [0.717, 1.165) is 28.0 Å². The Morgan fingerprint density at radius 2 is 2.10 bits per heavy atom. The van der Waals surface area contributed by atoms with Crippen LogP contribution in [0.5, 0.6) is 11.5 Å². The van der Waals surface area contributed by atoms with Crippen LogP contribution in [0.15, 0.2) is 43.6 Å². The number of carbonyl (C=O) groups excluding carboxylic acids is 3. The molecule has 2 aliphatic rings. The maximum atomic E-state index is 13.0. The van der Waals surface area contributed by atoms with Gasteiger partial charge in [-0.15, -0.1) is 23.1 Å². The number of aliphatic carboxylic acids is 1. The molecule has 1 saturated heterocycles. The van der Waals surface area contributed by atoms with Gasteiger partial charge in [0.25, 0.3) is 17.0 Å². The van der Waals surface area contributed by atoms with Crippen molar-refractivity contribution >= 4 is 74.6 Å². The van der Waals surface area contributed by atoms with Crippen LogP contribution in [0.4, 0.5) is 5.13 Å². The molecule has 5 rings (SSSR count). The van der Waals surface area contributed by atoms with Crippen molar-refractivity contribution < 1.29 is 68.5 Å². The molecule has 14 nitrogen and oxygen atoms in total. The van der Waals surface area contributed by atoms with Crippen LogP contribution in [-0.2, 0) is 19.2 Å². The number of anilines is 1. The molecule has 5 N–H and O–H groups in total. The largest absolute Gasteiger partial charge is 1.00 e. The van der Waals surface area contributed by atoms with Gasteiger partial charge in [0.2, 0.25) is 0 Å². The van der Waals surface area contributed by atoms with Gasteiger partial charge in [-0.3, -0.25) is 14.5 Å². The topological polar surface area (TPSA) is 217 Å². The summed E-state index contributed by atoms with van der Waals surface area (Å²) < 4.78 is 5.54. The predicted octanol–water partition coefficient (Wildman–Crippen LogP) is -3.17. The SMILES string of the molecule is CO/N=C(\C(=O)N[C@@H]1C(=O)N2C(C(=O)[O-])=C(CSc3nc4cc(O)c(O)cc4o3)CS[C@H]12)c1csc(N)n1.[Na+]. The first-order chi connectivity index (χ1) is 18.2. The summed E-state index contributed by atoms with van der Waals surface area (Å²) in [5.74, 6) is -3.25. The molecule has 1 fully saturated rings. The number of oxime groups is 1. The van der Waals surface area contributed by atoms with Crippen molar-refractivity contribution in [3.05, 3.63) is 34.5 Å². The summed E-state index contributed by atoms with van der Waals surface area (Å²) >= 11 is 3.45. The van der Waals surface area contributed by atoms with E-state index in [-0.39, 0.29) is 85.6 Å². The van der Waals surface area contributed by atoms with Crippen LogP contribution < -0.4 is 45.7 Å². The molecule has 18 heteroatoms. The average Bonchev–Trinajstić information content (AvgIpc) is 3.49. The summed E-state index contributed by atoms with van der Waals surface area (Å²) in [6, 6.07) is 1.45. The number of aromatic hydroxyl groups is 2. The third-order valence-corrected chi connectivity index (χ3v) is 8.45. The number of nitrogens with zero attached hydrogens (tertiary/aromatic N) is 4. The van der Waals surface area contributed by atoms with Crippen molar-refractivity contribution in [3.8, 4) is 11.5 Å². The quantitative estimate of drug-likeness (QED) is 0.0502. The van der Waals surface area contributed by atoms with Gasteiger partial charge in [0, 0.05) is 29.0 Å². The van der Waals surface area contributed by atoms with Crippen molar-refractivity contribution in [2.24, 2.45) is 5.16 Å². The van der Waals surface area contributed by atoms with E-state index in [4.69, 9.17) is 15.0 Å². The Labute approximate surface area is 253 Å². The molecule has 0 saturated carbocycles. The number of carboxylic acid groups (broad SMARTS) is 1. The number of nitrogen functional groups attached to an aromatic ring is 1. The van der Waals surface area contributed by atoms with Crippen LogP contribution in [0.2, 0.25) is 0 Å². The number of benzene rings is 1. The number of β-lactam (4-membered cyclic amide) rings is 1. The number of phenolic OH excluding ortho intramolecular Hbond substituents is 2. The van der Waals surface area contributed by atoms with Gasteiger partial charge in [-0.05, 0) is 5.57 Å². The number of hydrogen-bond acceptors (Lipinski definition) is 15. The van der Waals surface area contributed by atoms with Gasteiger partial charge in [0.1, 0.15) is 29.7 Å². The first-order valence-corrected chi connectivity index (χ1v) is 13.6. The maximum Gasteiger partial charge on any atom is 1.00 e. The zero-order valence-corrected chi connectivity index (χ0v) is 24.7. The summed E-state index contributed by atoms with van der Waals surface area (Å²) in [4.78, 5) is 51.8. The molecule has 2 atom stereocenters. The minimum absolute atomic E-state index is 0. The van der Waals surface area contributed by atoms with Gasteiger partial charge in [-0.25, -0.2) is 9.97 Å². The smallest absolute Gasteiger partial charge is 0.543 e. The number of hydrogen-bond donors (Lipinski definition) is 4.